The topological polar surface area (TPSA) is 20.3 Å². The van der Waals surface area contributed by atoms with Crippen molar-refractivity contribution in [1.29, 1.82) is 0 Å². The molecule has 1 unspecified atom stereocenters. The van der Waals surface area contributed by atoms with Crippen molar-refractivity contribution in [3.63, 3.8) is 0 Å². The zero-order valence-corrected chi connectivity index (χ0v) is 11.6. The summed E-state index contributed by atoms with van der Waals surface area (Å²) in [5.41, 5.74) is 0.866. The van der Waals surface area contributed by atoms with Crippen LogP contribution in [0, 0.1) is 0 Å². The molecule has 0 heterocycles. The molecule has 0 aliphatic rings. The minimum absolute atomic E-state index is 0.0652. The van der Waals surface area contributed by atoms with Gasteiger partial charge in [-0.3, -0.25) is 4.79 Å². The number of rotatable bonds is 5. The summed E-state index contributed by atoms with van der Waals surface area (Å²) in [6.45, 7) is 2.60. The van der Waals surface area contributed by atoms with Gasteiger partial charge in [-0.05, 0) is 25.0 Å². The van der Waals surface area contributed by atoms with Crippen LogP contribution in [0.4, 0.5) is 0 Å². The van der Waals surface area contributed by atoms with Crippen LogP contribution in [0.5, 0.6) is 0 Å². The van der Waals surface area contributed by atoms with E-state index in [1.54, 1.807) is 18.0 Å². The monoisotopic (exact) mass is 273 g/mol. The van der Waals surface area contributed by atoms with Crippen LogP contribution in [0.15, 0.2) is 24.3 Å². The van der Waals surface area contributed by atoms with Gasteiger partial charge in [0.15, 0.2) is 0 Å². The molecule has 94 valence electrons. The third-order valence-corrected chi connectivity index (χ3v) is 3.17. The van der Waals surface area contributed by atoms with Crippen LogP contribution >= 0.6 is 23.2 Å². The Bertz CT molecular complexity index is 379. The van der Waals surface area contributed by atoms with Gasteiger partial charge in [0.05, 0.1) is 6.42 Å². The fourth-order valence-corrected chi connectivity index (χ4v) is 1.74. The molecule has 0 saturated carbocycles. The molecule has 0 aliphatic heterocycles. The van der Waals surface area contributed by atoms with Crippen LogP contribution in [0.1, 0.15) is 18.9 Å². The van der Waals surface area contributed by atoms with Crippen LogP contribution in [0.25, 0.3) is 0 Å². The molecular formula is C13H17Cl2NO. The Morgan fingerprint density at radius 3 is 2.65 bits per heavy atom. The van der Waals surface area contributed by atoms with Crippen molar-refractivity contribution in [2.45, 2.75) is 25.1 Å². The highest BCUT2D eigenvalue weighted by molar-refractivity contribution is 6.31. The highest BCUT2D eigenvalue weighted by Crippen LogP contribution is 2.16. The predicted octanol–water partition coefficient (Wildman–Crippen LogP) is 3.36. The second kappa shape index (κ2) is 6.87. The second-order valence-electron chi connectivity index (χ2n) is 4.15. The summed E-state index contributed by atoms with van der Waals surface area (Å²) in [6.07, 6.45) is 1.14. The zero-order valence-electron chi connectivity index (χ0n) is 10.1. The van der Waals surface area contributed by atoms with E-state index >= 15 is 0 Å². The van der Waals surface area contributed by atoms with E-state index in [0.717, 1.165) is 12.0 Å². The van der Waals surface area contributed by atoms with E-state index < -0.39 is 0 Å². The summed E-state index contributed by atoms with van der Waals surface area (Å²) in [6, 6.07) is 7.41. The maximum atomic E-state index is 11.9. The minimum atomic E-state index is 0.0652. The molecule has 1 atom stereocenters. The largest absolute Gasteiger partial charge is 0.345 e. The van der Waals surface area contributed by atoms with E-state index in [0.29, 0.717) is 18.0 Å². The molecule has 4 heteroatoms. The van der Waals surface area contributed by atoms with Crippen molar-refractivity contribution in [2.24, 2.45) is 0 Å². The number of hydrogen-bond donors (Lipinski definition) is 0. The molecule has 2 nitrogen and oxygen atoms in total. The van der Waals surface area contributed by atoms with E-state index in [4.69, 9.17) is 23.2 Å². The SMILES string of the molecule is CC(Cl)CCN(C)C(=O)Cc1ccccc1Cl. The summed E-state index contributed by atoms with van der Waals surface area (Å²) in [7, 11) is 1.79. The highest BCUT2D eigenvalue weighted by atomic mass is 35.5. The number of benzene rings is 1. The molecule has 0 N–H and O–H groups in total. The lowest BCUT2D eigenvalue weighted by Gasteiger charge is -2.18. The summed E-state index contributed by atoms with van der Waals surface area (Å²) in [5, 5.41) is 0.727. The summed E-state index contributed by atoms with van der Waals surface area (Å²) < 4.78 is 0. The van der Waals surface area contributed by atoms with Crippen LogP contribution < -0.4 is 0 Å². The molecule has 0 saturated heterocycles. The molecule has 1 rings (SSSR count). The molecule has 1 amide bonds. The van der Waals surface area contributed by atoms with Gasteiger partial charge in [0.1, 0.15) is 0 Å². The van der Waals surface area contributed by atoms with E-state index in [-0.39, 0.29) is 11.3 Å². The third kappa shape index (κ3) is 4.97. The van der Waals surface area contributed by atoms with Crippen LogP contribution in [0.3, 0.4) is 0 Å². The van der Waals surface area contributed by atoms with E-state index in [1.807, 2.05) is 25.1 Å². The van der Waals surface area contributed by atoms with Crippen LogP contribution in [-0.4, -0.2) is 29.8 Å². The van der Waals surface area contributed by atoms with E-state index in [2.05, 4.69) is 0 Å². The number of halogens is 2. The summed E-state index contributed by atoms with van der Waals surface area (Å²) in [4.78, 5) is 13.6. The molecule has 17 heavy (non-hydrogen) atoms. The van der Waals surface area contributed by atoms with Gasteiger partial charge in [-0.15, -0.1) is 11.6 Å². The number of likely N-dealkylation sites (N-methyl/N-ethyl adjacent to an activating group) is 1. The Kier molecular flexibility index (Phi) is 5.79. The molecule has 0 fully saturated rings. The first-order valence-electron chi connectivity index (χ1n) is 5.62. The first-order chi connectivity index (χ1) is 8.00. The van der Waals surface area contributed by atoms with E-state index in [9.17, 15) is 4.79 Å². The normalized spacial score (nSPS) is 12.2. The van der Waals surface area contributed by atoms with Crippen molar-refractivity contribution in [2.75, 3.05) is 13.6 Å². The first kappa shape index (κ1) is 14.3. The van der Waals surface area contributed by atoms with Crippen LogP contribution in [-0.2, 0) is 11.2 Å². The van der Waals surface area contributed by atoms with Gasteiger partial charge in [0.25, 0.3) is 0 Å². The molecule has 1 aromatic rings. The molecule has 0 aromatic heterocycles. The summed E-state index contributed by atoms with van der Waals surface area (Å²) in [5.74, 6) is 0.0652. The predicted molar refractivity (Wildman–Crippen MR) is 72.7 cm³/mol. The average Bonchev–Trinajstić information content (AvgIpc) is 2.28. The fourth-order valence-electron chi connectivity index (χ4n) is 1.44. The van der Waals surface area contributed by atoms with Gasteiger partial charge in [0.2, 0.25) is 5.91 Å². The first-order valence-corrected chi connectivity index (χ1v) is 6.43. The number of amides is 1. The third-order valence-electron chi connectivity index (χ3n) is 2.59. The standard InChI is InChI=1S/C13H17Cl2NO/c1-10(14)7-8-16(2)13(17)9-11-5-3-4-6-12(11)15/h3-6,10H,7-9H2,1-2H3. The lowest BCUT2D eigenvalue weighted by atomic mass is 10.1. The second-order valence-corrected chi connectivity index (χ2v) is 5.31. The van der Waals surface area contributed by atoms with Gasteiger partial charge in [-0.25, -0.2) is 0 Å². The molecule has 0 aliphatic carbocycles. The Morgan fingerprint density at radius 1 is 1.41 bits per heavy atom. The number of hydrogen-bond acceptors (Lipinski definition) is 1. The van der Waals surface area contributed by atoms with Crippen molar-refractivity contribution >= 4 is 29.1 Å². The van der Waals surface area contributed by atoms with Crippen molar-refractivity contribution in [1.82, 2.24) is 4.90 Å². The van der Waals surface area contributed by atoms with E-state index in [1.165, 1.54) is 0 Å². The average molecular weight is 274 g/mol. The lowest BCUT2D eigenvalue weighted by Crippen LogP contribution is -2.30. The molecule has 0 bridgehead atoms. The Hall–Kier alpha value is -0.730. The molecule has 0 spiro atoms. The van der Waals surface area contributed by atoms with Gasteiger partial charge < -0.3 is 4.90 Å². The number of carbonyl (C=O) groups is 1. The van der Waals surface area contributed by atoms with Crippen molar-refractivity contribution in [3.8, 4) is 0 Å². The summed E-state index contributed by atoms with van der Waals surface area (Å²) >= 11 is 11.9. The van der Waals surface area contributed by atoms with Gasteiger partial charge in [0, 0.05) is 24.0 Å². The Balaban J connectivity index is 2.52. The maximum Gasteiger partial charge on any atom is 0.226 e. The maximum absolute atomic E-state index is 11.9. The molecule has 0 radical (unpaired) electrons. The molecule has 1 aromatic carbocycles. The van der Waals surface area contributed by atoms with Gasteiger partial charge >= 0.3 is 0 Å². The molecular weight excluding hydrogens is 257 g/mol. The van der Waals surface area contributed by atoms with Crippen LogP contribution in [0.2, 0.25) is 5.02 Å². The Morgan fingerprint density at radius 2 is 2.06 bits per heavy atom. The lowest BCUT2D eigenvalue weighted by molar-refractivity contribution is -0.129. The van der Waals surface area contributed by atoms with Gasteiger partial charge in [-0.1, -0.05) is 29.8 Å². The number of nitrogens with zero attached hydrogens (tertiary/aromatic N) is 1. The zero-order chi connectivity index (χ0) is 12.8. The van der Waals surface area contributed by atoms with Gasteiger partial charge in [-0.2, -0.15) is 0 Å². The van der Waals surface area contributed by atoms with Crippen molar-refractivity contribution < 1.29 is 4.79 Å². The van der Waals surface area contributed by atoms with Crippen molar-refractivity contribution in [3.05, 3.63) is 34.9 Å². The quantitative estimate of drug-likeness (QED) is 0.754. The number of carbonyl (C=O) groups excluding carboxylic acids is 1. The Labute approximate surface area is 113 Å². The number of alkyl halides is 1. The fraction of sp³-hybridized carbons (Fsp3) is 0.462. The highest BCUT2D eigenvalue weighted by Gasteiger charge is 2.11. The smallest absolute Gasteiger partial charge is 0.226 e. The minimum Gasteiger partial charge on any atom is -0.345 e.